The van der Waals surface area contributed by atoms with E-state index in [0.29, 0.717) is 4.75 Å². The Kier molecular flexibility index (Phi) is 7.09. The summed E-state index contributed by atoms with van der Waals surface area (Å²) in [6, 6.07) is 8.22. The fourth-order valence-corrected chi connectivity index (χ4v) is 3.93. The van der Waals surface area contributed by atoms with Crippen molar-refractivity contribution in [2.75, 3.05) is 32.5 Å². The van der Waals surface area contributed by atoms with E-state index in [9.17, 15) is 0 Å². The third-order valence-corrected chi connectivity index (χ3v) is 5.58. The highest BCUT2D eigenvalue weighted by Gasteiger charge is 2.29. The summed E-state index contributed by atoms with van der Waals surface area (Å²) in [7, 11) is 1.70. The summed E-state index contributed by atoms with van der Waals surface area (Å²) in [5, 5.41) is 6.77. The van der Waals surface area contributed by atoms with Gasteiger partial charge in [0.1, 0.15) is 5.75 Å². The molecule has 1 unspecified atom stereocenters. The van der Waals surface area contributed by atoms with Gasteiger partial charge in [-0.2, -0.15) is 11.8 Å². The van der Waals surface area contributed by atoms with Gasteiger partial charge < -0.3 is 15.4 Å². The van der Waals surface area contributed by atoms with Crippen molar-refractivity contribution >= 4 is 17.7 Å². The number of hydrogen-bond donors (Lipinski definition) is 2. The van der Waals surface area contributed by atoms with Gasteiger partial charge in [-0.05, 0) is 56.6 Å². The Balaban J connectivity index is 1.83. The Bertz CT molecular complexity index is 513. The number of benzene rings is 1. The average molecular weight is 336 g/mol. The van der Waals surface area contributed by atoms with Gasteiger partial charge in [0, 0.05) is 17.8 Å². The molecule has 0 radical (unpaired) electrons. The predicted molar refractivity (Wildman–Crippen MR) is 101 cm³/mol. The van der Waals surface area contributed by atoms with Crippen LogP contribution in [0.25, 0.3) is 0 Å². The molecule has 0 aromatic heterocycles. The van der Waals surface area contributed by atoms with Crippen LogP contribution >= 0.6 is 11.8 Å². The molecule has 1 aromatic rings. The molecule has 2 rings (SSSR count). The van der Waals surface area contributed by atoms with Crippen molar-refractivity contribution < 1.29 is 4.74 Å². The van der Waals surface area contributed by atoms with E-state index in [2.05, 4.69) is 48.4 Å². The first-order valence-electron chi connectivity index (χ1n) is 8.44. The van der Waals surface area contributed by atoms with Gasteiger partial charge in [-0.15, -0.1) is 0 Å². The minimum absolute atomic E-state index is 0.315. The first kappa shape index (κ1) is 18.0. The molecular formula is C18H29N3OS. The number of aliphatic imine (C=N–C) groups is 1. The van der Waals surface area contributed by atoms with Gasteiger partial charge in [0.2, 0.25) is 0 Å². The van der Waals surface area contributed by atoms with Crippen LogP contribution in [0.2, 0.25) is 0 Å². The molecule has 0 saturated carbocycles. The maximum atomic E-state index is 5.27. The van der Waals surface area contributed by atoms with Crippen molar-refractivity contribution in [2.24, 2.45) is 4.99 Å². The van der Waals surface area contributed by atoms with Crippen molar-refractivity contribution in [1.29, 1.82) is 0 Å². The van der Waals surface area contributed by atoms with Gasteiger partial charge in [0.05, 0.1) is 13.7 Å². The van der Waals surface area contributed by atoms with Crippen molar-refractivity contribution in [3.63, 3.8) is 0 Å². The summed E-state index contributed by atoms with van der Waals surface area (Å²) < 4.78 is 5.58. The zero-order chi connectivity index (χ0) is 16.5. The van der Waals surface area contributed by atoms with Crippen LogP contribution in [0.4, 0.5) is 0 Å². The number of hydrogen-bond acceptors (Lipinski definition) is 3. The lowest BCUT2D eigenvalue weighted by atomic mass is 10.1. The number of guanidine groups is 1. The quantitative estimate of drug-likeness (QED) is 0.594. The molecule has 128 valence electrons. The summed E-state index contributed by atoms with van der Waals surface area (Å²) in [5.74, 6) is 3.10. The minimum Gasteiger partial charge on any atom is -0.497 e. The first-order valence-corrected chi connectivity index (χ1v) is 9.43. The van der Waals surface area contributed by atoms with Crippen molar-refractivity contribution in [2.45, 2.75) is 37.9 Å². The third kappa shape index (κ3) is 5.98. The number of nitrogens with one attached hydrogen (secondary N) is 2. The van der Waals surface area contributed by atoms with Gasteiger partial charge in [0.15, 0.2) is 5.96 Å². The van der Waals surface area contributed by atoms with Crippen LogP contribution in [-0.2, 0) is 6.42 Å². The van der Waals surface area contributed by atoms with Gasteiger partial charge in [0.25, 0.3) is 0 Å². The highest BCUT2D eigenvalue weighted by molar-refractivity contribution is 8.00. The molecule has 1 fully saturated rings. The van der Waals surface area contributed by atoms with Crippen LogP contribution in [-0.4, -0.2) is 43.2 Å². The van der Waals surface area contributed by atoms with Gasteiger partial charge in [-0.1, -0.05) is 12.1 Å². The summed E-state index contributed by atoms with van der Waals surface area (Å²) in [6.07, 6.45) is 3.54. The molecule has 1 aliphatic rings. The van der Waals surface area contributed by atoms with E-state index in [1.165, 1.54) is 24.2 Å². The Morgan fingerprint density at radius 1 is 1.39 bits per heavy atom. The fraction of sp³-hybridized carbons (Fsp3) is 0.611. The predicted octanol–water partition coefficient (Wildman–Crippen LogP) is 3.08. The first-order chi connectivity index (χ1) is 11.1. The second kappa shape index (κ2) is 9.06. The topological polar surface area (TPSA) is 45.7 Å². The molecule has 5 heteroatoms. The monoisotopic (exact) mass is 335 g/mol. The summed E-state index contributed by atoms with van der Waals surface area (Å²) in [4.78, 5) is 4.78. The molecular weight excluding hydrogens is 306 g/mol. The molecule has 0 amide bonds. The van der Waals surface area contributed by atoms with E-state index < -0.39 is 0 Å². The average Bonchev–Trinajstić information content (AvgIpc) is 3.00. The molecule has 1 atom stereocenters. The van der Waals surface area contributed by atoms with Crippen LogP contribution < -0.4 is 15.4 Å². The van der Waals surface area contributed by atoms with Gasteiger partial charge >= 0.3 is 0 Å². The Hall–Kier alpha value is -1.36. The highest BCUT2D eigenvalue weighted by Crippen LogP contribution is 2.37. The maximum Gasteiger partial charge on any atom is 0.191 e. The SMILES string of the molecule is CCNC(=NCC1(C)CCCS1)NCCc1cccc(OC)c1. The standard InChI is InChI=1S/C18H29N3OS/c1-4-19-17(21-14-18(2)10-6-12-23-18)20-11-9-15-7-5-8-16(13-15)22-3/h5,7-8,13H,4,6,9-12,14H2,1-3H3,(H2,19,20,21). The number of thioether (sulfide) groups is 1. The third-order valence-electron chi connectivity index (χ3n) is 4.06. The van der Waals surface area contributed by atoms with E-state index in [0.717, 1.165) is 37.8 Å². The maximum absolute atomic E-state index is 5.27. The summed E-state index contributed by atoms with van der Waals surface area (Å²) >= 11 is 2.05. The molecule has 1 aromatic carbocycles. The Labute approximate surface area is 144 Å². The lowest BCUT2D eigenvalue weighted by Crippen LogP contribution is -2.39. The van der Waals surface area contributed by atoms with E-state index in [-0.39, 0.29) is 0 Å². The molecule has 1 aliphatic heterocycles. The molecule has 1 saturated heterocycles. The van der Waals surface area contributed by atoms with E-state index in [1.807, 2.05) is 12.1 Å². The zero-order valence-corrected chi connectivity index (χ0v) is 15.3. The van der Waals surface area contributed by atoms with Crippen molar-refractivity contribution in [3.05, 3.63) is 29.8 Å². The summed E-state index contributed by atoms with van der Waals surface area (Å²) in [5.41, 5.74) is 1.27. The number of methoxy groups -OCH3 is 1. The van der Waals surface area contributed by atoms with Crippen LogP contribution in [0.3, 0.4) is 0 Å². The molecule has 4 nitrogen and oxygen atoms in total. The molecule has 0 aliphatic carbocycles. The lowest BCUT2D eigenvalue weighted by Gasteiger charge is -2.21. The normalized spacial score (nSPS) is 21.3. The smallest absolute Gasteiger partial charge is 0.191 e. The van der Waals surface area contributed by atoms with E-state index >= 15 is 0 Å². The molecule has 1 heterocycles. The molecule has 2 N–H and O–H groups in total. The van der Waals surface area contributed by atoms with Gasteiger partial charge in [-0.3, -0.25) is 4.99 Å². The van der Waals surface area contributed by atoms with E-state index in [4.69, 9.17) is 9.73 Å². The lowest BCUT2D eigenvalue weighted by molar-refractivity contribution is 0.414. The Morgan fingerprint density at radius 2 is 2.26 bits per heavy atom. The molecule has 23 heavy (non-hydrogen) atoms. The Morgan fingerprint density at radius 3 is 2.96 bits per heavy atom. The largest absolute Gasteiger partial charge is 0.497 e. The second-order valence-electron chi connectivity index (χ2n) is 6.13. The van der Waals surface area contributed by atoms with Gasteiger partial charge in [-0.25, -0.2) is 0 Å². The van der Waals surface area contributed by atoms with Crippen LogP contribution in [0.1, 0.15) is 32.3 Å². The summed E-state index contributed by atoms with van der Waals surface area (Å²) in [6.45, 7) is 7.06. The zero-order valence-electron chi connectivity index (χ0n) is 14.5. The van der Waals surface area contributed by atoms with Crippen LogP contribution in [0, 0.1) is 0 Å². The highest BCUT2D eigenvalue weighted by atomic mass is 32.2. The van der Waals surface area contributed by atoms with Crippen LogP contribution in [0.5, 0.6) is 5.75 Å². The fourth-order valence-electron chi connectivity index (χ4n) is 2.70. The number of rotatable bonds is 7. The minimum atomic E-state index is 0.315. The van der Waals surface area contributed by atoms with Crippen molar-refractivity contribution in [1.82, 2.24) is 10.6 Å². The number of ether oxygens (including phenoxy) is 1. The van der Waals surface area contributed by atoms with E-state index in [1.54, 1.807) is 7.11 Å². The molecule has 0 bridgehead atoms. The second-order valence-corrected chi connectivity index (χ2v) is 7.81. The van der Waals surface area contributed by atoms with Crippen molar-refractivity contribution in [3.8, 4) is 5.75 Å². The number of nitrogens with zero attached hydrogens (tertiary/aromatic N) is 1. The van der Waals surface area contributed by atoms with Crippen LogP contribution in [0.15, 0.2) is 29.3 Å². The molecule has 0 spiro atoms.